The van der Waals surface area contributed by atoms with E-state index in [1.807, 2.05) is 37.3 Å². The smallest absolute Gasteiger partial charge is 0.243 e. The minimum absolute atomic E-state index is 0.0223. The highest BCUT2D eigenvalue weighted by atomic mass is 35.5. The fourth-order valence-corrected chi connectivity index (χ4v) is 5.17. The molecule has 0 fully saturated rings. The van der Waals surface area contributed by atoms with Crippen LogP contribution in [0.1, 0.15) is 11.1 Å². The number of pyridine rings is 1. The third kappa shape index (κ3) is 5.39. The fourth-order valence-electron chi connectivity index (χ4n) is 3.57. The Kier molecular flexibility index (Phi) is 6.74. The third-order valence-corrected chi connectivity index (χ3v) is 6.97. The number of hydrogen-bond acceptors (Lipinski definition) is 4. The molecule has 6 nitrogen and oxygen atoms in total. The number of fused-ring (bicyclic) bond motifs is 1. The van der Waals surface area contributed by atoms with Crippen LogP contribution in [0.3, 0.4) is 0 Å². The molecule has 1 heterocycles. The molecule has 3 aromatic carbocycles. The maximum Gasteiger partial charge on any atom is 0.243 e. The number of benzene rings is 3. The molecule has 0 radical (unpaired) electrons. The molecule has 0 saturated carbocycles. The summed E-state index contributed by atoms with van der Waals surface area (Å²) < 4.78 is 29.3. The van der Waals surface area contributed by atoms with Crippen LogP contribution in [-0.2, 0) is 21.2 Å². The maximum atomic E-state index is 13.4. The van der Waals surface area contributed by atoms with Crippen molar-refractivity contribution in [3.63, 3.8) is 0 Å². The van der Waals surface area contributed by atoms with Crippen LogP contribution in [0.15, 0.2) is 90.0 Å². The Morgan fingerprint density at radius 2 is 1.76 bits per heavy atom. The summed E-state index contributed by atoms with van der Waals surface area (Å²) in [6.45, 7) is 1.82. The summed E-state index contributed by atoms with van der Waals surface area (Å²) in [5.41, 5.74) is 2.51. The SMILES string of the molecule is Cc1cc(Cl)ccc1NC(=O)[C@H](Cc1ccccc1)NS(=O)(=O)c1cccc2cccnc12. The Morgan fingerprint density at radius 3 is 2.52 bits per heavy atom. The van der Waals surface area contributed by atoms with E-state index in [2.05, 4.69) is 15.0 Å². The molecule has 8 heteroatoms. The van der Waals surface area contributed by atoms with Gasteiger partial charge in [0, 0.05) is 22.3 Å². The van der Waals surface area contributed by atoms with Gasteiger partial charge in [-0.3, -0.25) is 9.78 Å². The number of carbonyl (C=O) groups excluding carboxylic acids is 1. The van der Waals surface area contributed by atoms with E-state index in [0.717, 1.165) is 11.1 Å². The van der Waals surface area contributed by atoms with E-state index in [0.29, 0.717) is 21.6 Å². The van der Waals surface area contributed by atoms with Gasteiger partial charge in [-0.1, -0.05) is 60.1 Å². The van der Waals surface area contributed by atoms with Crippen LogP contribution in [0.25, 0.3) is 10.9 Å². The summed E-state index contributed by atoms with van der Waals surface area (Å²) in [4.78, 5) is 17.5. The van der Waals surface area contributed by atoms with Gasteiger partial charge < -0.3 is 5.32 Å². The van der Waals surface area contributed by atoms with Gasteiger partial charge in [-0.05, 0) is 54.8 Å². The molecule has 4 aromatic rings. The number of halogens is 1. The zero-order valence-electron chi connectivity index (χ0n) is 17.8. The van der Waals surface area contributed by atoms with Crippen molar-refractivity contribution in [3.8, 4) is 0 Å². The number of sulfonamides is 1. The zero-order chi connectivity index (χ0) is 23.4. The quantitative estimate of drug-likeness (QED) is 0.401. The number of nitrogens with one attached hydrogen (secondary N) is 2. The predicted octanol–water partition coefficient (Wildman–Crippen LogP) is 4.72. The lowest BCUT2D eigenvalue weighted by atomic mass is 10.1. The molecular weight excluding hydrogens is 458 g/mol. The number of aryl methyl sites for hydroxylation is 1. The molecular formula is C25H22ClN3O3S. The van der Waals surface area contributed by atoms with E-state index in [1.54, 1.807) is 48.7 Å². The van der Waals surface area contributed by atoms with E-state index in [9.17, 15) is 13.2 Å². The molecule has 33 heavy (non-hydrogen) atoms. The first-order valence-electron chi connectivity index (χ1n) is 10.3. The molecule has 0 aliphatic rings. The van der Waals surface area contributed by atoms with Crippen molar-refractivity contribution in [1.82, 2.24) is 9.71 Å². The lowest BCUT2D eigenvalue weighted by Gasteiger charge is -2.20. The topological polar surface area (TPSA) is 88.2 Å². The van der Waals surface area contributed by atoms with Crippen LogP contribution in [-0.4, -0.2) is 25.4 Å². The monoisotopic (exact) mass is 479 g/mol. The van der Waals surface area contributed by atoms with E-state index in [4.69, 9.17) is 11.6 Å². The number of nitrogens with zero attached hydrogens (tertiary/aromatic N) is 1. The van der Waals surface area contributed by atoms with Crippen molar-refractivity contribution >= 4 is 44.1 Å². The van der Waals surface area contributed by atoms with Gasteiger partial charge >= 0.3 is 0 Å². The second-order valence-corrected chi connectivity index (χ2v) is 9.76. The van der Waals surface area contributed by atoms with Crippen molar-refractivity contribution in [2.45, 2.75) is 24.3 Å². The molecule has 0 spiro atoms. The average Bonchev–Trinajstić information content (AvgIpc) is 2.80. The molecule has 1 amide bonds. The van der Waals surface area contributed by atoms with Gasteiger partial charge in [-0.15, -0.1) is 0 Å². The molecule has 0 unspecified atom stereocenters. The first-order valence-corrected chi connectivity index (χ1v) is 12.2. The standard InChI is InChI=1S/C25H22ClN3O3S/c1-17-15-20(26)12-13-21(17)28-25(30)22(16-18-7-3-2-4-8-18)29-33(31,32)23-11-5-9-19-10-6-14-27-24(19)23/h2-15,22,29H,16H2,1H3,(H,28,30)/t22-/m0/s1. The lowest BCUT2D eigenvalue weighted by molar-refractivity contribution is -0.117. The van der Waals surface area contributed by atoms with Gasteiger partial charge in [0.05, 0.1) is 5.52 Å². The zero-order valence-corrected chi connectivity index (χ0v) is 19.4. The van der Waals surface area contributed by atoms with Crippen LogP contribution in [0.4, 0.5) is 5.69 Å². The molecule has 0 saturated heterocycles. The van der Waals surface area contributed by atoms with Crippen LogP contribution in [0.5, 0.6) is 0 Å². The van der Waals surface area contributed by atoms with Crippen molar-refractivity contribution in [1.29, 1.82) is 0 Å². The summed E-state index contributed by atoms with van der Waals surface area (Å²) in [7, 11) is -4.05. The van der Waals surface area contributed by atoms with Crippen LogP contribution in [0, 0.1) is 6.92 Å². The molecule has 4 rings (SSSR count). The van der Waals surface area contributed by atoms with E-state index in [1.165, 1.54) is 6.07 Å². The van der Waals surface area contributed by atoms with Gasteiger partial charge in [-0.25, -0.2) is 8.42 Å². The number of para-hydroxylation sites is 1. The fraction of sp³-hybridized carbons (Fsp3) is 0.120. The molecule has 1 aromatic heterocycles. The Bertz CT molecular complexity index is 1400. The number of carbonyl (C=O) groups is 1. The highest BCUT2D eigenvalue weighted by molar-refractivity contribution is 7.89. The summed E-state index contributed by atoms with van der Waals surface area (Å²) >= 11 is 6.02. The van der Waals surface area contributed by atoms with Crippen molar-refractivity contribution in [2.75, 3.05) is 5.32 Å². The number of aromatic nitrogens is 1. The van der Waals surface area contributed by atoms with Gasteiger partial charge in [0.1, 0.15) is 10.9 Å². The molecule has 1 atom stereocenters. The van der Waals surface area contributed by atoms with Gasteiger partial charge in [0.15, 0.2) is 0 Å². The summed E-state index contributed by atoms with van der Waals surface area (Å²) in [5, 5.41) is 4.08. The minimum atomic E-state index is -4.05. The molecule has 2 N–H and O–H groups in total. The van der Waals surface area contributed by atoms with E-state index >= 15 is 0 Å². The third-order valence-electron chi connectivity index (χ3n) is 5.23. The molecule has 168 valence electrons. The van der Waals surface area contributed by atoms with Gasteiger partial charge in [-0.2, -0.15) is 4.72 Å². The number of hydrogen-bond donors (Lipinski definition) is 2. The summed E-state index contributed by atoms with van der Waals surface area (Å²) in [6.07, 6.45) is 1.72. The Hall–Kier alpha value is -3.26. The van der Waals surface area contributed by atoms with Crippen LogP contribution >= 0.6 is 11.6 Å². The molecule has 0 bridgehead atoms. The van der Waals surface area contributed by atoms with Crippen molar-refractivity contribution in [3.05, 3.63) is 101 Å². The first kappa shape index (κ1) is 22.9. The predicted molar refractivity (Wildman–Crippen MR) is 131 cm³/mol. The Balaban J connectivity index is 1.67. The Labute approximate surface area is 197 Å². The highest BCUT2D eigenvalue weighted by Crippen LogP contribution is 2.23. The first-order chi connectivity index (χ1) is 15.8. The second-order valence-electron chi connectivity index (χ2n) is 7.64. The van der Waals surface area contributed by atoms with Crippen molar-refractivity contribution < 1.29 is 13.2 Å². The highest BCUT2D eigenvalue weighted by Gasteiger charge is 2.28. The van der Waals surface area contributed by atoms with Crippen LogP contribution in [0.2, 0.25) is 5.02 Å². The maximum absolute atomic E-state index is 13.4. The van der Waals surface area contributed by atoms with Gasteiger partial charge in [0.25, 0.3) is 0 Å². The molecule has 0 aliphatic heterocycles. The number of rotatable bonds is 7. The van der Waals surface area contributed by atoms with Crippen molar-refractivity contribution in [2.24, 2.45) is 0 Å². The van der Waals surface area contributed by atoms with Crippen LogP contribution < -0.4 is 10.0 Å². The normalized spacial score (nSPS) is 12.4. The Morgan fingerprint density at radius 1 is 1.00 bits per heavy atom. The average molecular weight is 480 g/mol. The van der Waals surface area contributed by atoms with E-state index < -0.39 is 22.0 Å². The summed E-state index contributed by atoms with van der Waals surface area (Å²) in [5.74, 6) is -0.471. The largest absolute Gasteiger partial charge is 0.324 e. The summed E-state index contributed by atoms with van der Waals surface area (Å²) in [6, 6.07) is 21.8. The van der Waals surface area contributed by atoms with E-state index in [-0.39, 0.29) is 11.3 Å². The second kappa shape index (κ2) is 9.70. The lowest BCUT2D eigenvalue weighted by Crippen LogP contribution is -2.45. The number of anilines is 1. The number of amides is 1. The van der Waals surface area contributed by atoms with Gasteiger partial charge in [0.2, 0.25) is 15.9 Å². The minimum Gasteiger partial charge on any atom is -0.324 e. The molecule has 0 aliphatic carbocycles.